The topological polar surface area (TPSA) is 30.3 Å². The summed E-state index contributed by atoms with van der Waals surface area (Å²) >= 11 is 0. The maximum atomic E-state index is 13.1. The molecule has 0 spiro atoms. The lowest BCUT2D eigenvalue weighted by atomic mass is 10.0. The zero-order valence-electron chi connectivity index (χ0n) is 11.8. The summed E-state index contributed by atoms with van der Waals surface area (Å²) in [5, 5.41) is 9.10. The fraction of sp³-hybridized carbons (Fsp3) is 0.533. The Hall–Kier alpha value is -1.60. The van der Waals surface area contributed by atoms with Gasteiger partial charge in [-0.2, -0.15) is 5.26 Å². The molecular weight excluding hydrogens is 241 g/mol. The van der Waals surface area contributed by atoms with E-state index < -0.39 is 0 Å². The number of benzene rings is 1. The van der Waals surface area contributed by atoms with Gasteiger partial charge in [0.05, 0.1) is 11.3 Å². The van der Waals surface area contributed by atoms with Gasteiger partial charge < -0.3 is 4.90 Å². The summed E-state index contributed by atoms with van der Waals surface area (Å²) in [5.74, 6) is -0.353. The van der Waals surface area contributed by atoms with E-state index in [2.05, 4.69) is 36.6 Å². The summed E-state index contributed by atoms with van der Waals surface area (Å²) in [6, 6.07) is 6.52. The van der Waals surface area contributed by atoms with Crippen molar-refractivity contribution in [2.24, 2.45) is 0 Å². The molecule has 1 aliphatic heterocycles. The van der Waals surface area contributed by atoms with Crippen molar-refractivity contribution in [1.82, 2.24) is 4.90 Å². The molecule has 0 unspecified atom stereocenters. The van der Waals surface area contributed by atoms with Gasteiger partial charge in [-0.25, -0.2) is 4.39 Å². The largest absolute Gasteiger partial charge is 0.368 e. The van der Waals surface area contributed by atoms with E-state index in [9.17, 15) is 4.39 Å². The third-order valence-electron chi connectivity index (χ3n) is 3.65. The summed E-state index contributed by atoms with van der Waals surface area (Å²) < 4.78 is 13.1. The summed E-state index contributed by atoms with van der Waals surface area (Å²) in [5.41, 5.74) is 1.44. The molecule has 3 nitrogen and oxygen atoms in total. The molecule has 102 valence electrons. The maximum Gasteiger partial charge on any atom is 0.124 e. The Labute approximate surface area is 114 Å². The Balaban J connectivity index is 2.12. The second kappa shape index (κ2) is 5.18. The van der Waals surface area contributed by atoms with Gasteiger partial charge in [-0.15, -0.1) is 0 Å². The van der Waals surface area contributed by atoms with Gasteiger partial charge in [0.25, 0.3) is 0 Å². The summed E-state index contributed by atoms with van der Waals surface area (Å²) in [6.45, 7) is 10.3. The molecule has 0 saturated carbocycles. The quantitative estimate of drug-likeness (QED) is 0.778. The van der Waals surface area contributed by atoms with Crippen molar-refractivity contribution >= 4 is 5.69 Å². The molecule has 0 aliphatic carbocycles. The second-order valence-corrected chi connectivity index (χ2v) is 5.92. The van der Waals surface area contributed by atoms with Crippen molar-refractivity contribution in [2.45, 2.75) is 26.3 Å². The van der Waals surface area contributed by atoms with Gasteiger partial charge in [0, 0.05) is 31.7 Å². The van der Waals surface area contributed by atoms with Crippen molar-refractivity contribution in [1.29, 1.82) is 5.26 Å². The van der Waals surface area contributed by atoms with Crippen LogP contribution in [0.4, 0.5) is 10.1 Å². The van der Waals surface area contributed by atoms with Crippen molar-refractivity contribution in [3.05, 3.63) is 29.6 Å². The molecule has 0 atom stereocenters. The molecule has 1 fully saturated rings. The number of hydrogen-bond acceptors (Lipinski definition) is 3. The average molecular weight is 261 g/mol. The summed E-state index contributed by atoms with van der Waals surface area (Å²) in [6.07, 6.45) is 0. The van der Waals surface area contributed by atoms with Crippen LogP contribution in [0.2, 0.25) is 0 Å². The monoisotopic (exact) mass is 261 g/mol. The van der Waals surface area contributed by atoms with Crippen LogP contribution in [-0.2, 0) is 0 Å². The van der Waals surface area contributed by atoms with Crippen LogP contribution in [0, 0.1) is 17.1 Å². The standard InChI is InChI=1S/C15H20FN3/c1-15(2,3)19-8-6-18(7-9-19)14-5-4-13(16)10-12(14)11-17/h4-5,10H,6-9H2,1-3H3. The summed E-state index contributed by atoms with van der Waals surface area (Å²) in [7, 11) is 0. The molecule has 0 aromatic heterocycles. The Kier molecular flexibility index (Phi) is 3.77. The lowest BCUT2D eigenvalue weighted by Crippen LogP contribution is -2.53. The van der Waals surface area contributed by atoms with Crippen molar-refractivity contribution in [3.8, 4) is 6.07 Å². The normalized spacial score (nSPS) is 17.3. The zero-order chi connectivity index (χ0) is 14.0. The number of piperazine rings is 1. The van der Waals surface area contributed by atoms with Crippen LogP contribution in [0.15, 0.2) is 18.2 Å². The van der Waals surface area contributed by atoms with Crippen molar-refractivity contribution in [3.63, 3.8) is 0 Å². The van der Waals surface area contributed by atoms with E-state index in [0.717, 1.165) is 31.9 Å². The summed E-state index contributed by atoms with van der Waals surface area (Å²) in [4.78, 5) is 4.60. The van der Waals surface area contributed by atoms with Gasteiger partial charge >= 0.3 is 0 Å². The van der Waals surface area contributed by atoms with Crippen LogP contribution in [0.5, 0.6) is 0 Å². The highest BCUT2D eigenvalue weighted by Crippen LogP contribution is 2.24. The number of nitrogens with zero attached hydrogens (tertiary/aromatic N) is 3. The fourth-order valence-electron chi connectivity index (χ4n) is 2.49. The van der Waals surface area contributed by atoms with Crippen LogP contribution in [0.3, 0.4) is 0 Å². The van der Waals surface area contributed by atoms with Crippen LogP contribution in [-0.4, -0.2) is 36.6 Å². The van der Waals surface area contributed by atoms with Crippen LogP contribution in [0.25, 0.3) is 0 Å². The van der Waals surface area contributed by atoms with E-state index in [1.807, 2.05) is 0 Å². The molecule has 0 amide bonds. The first-order valence-electron chi connectivity index (χ1n) is 6.61. The molecule has 19 heavy (non-hydrogen) atoms. The highest BCUT2D eigenvalue weighted by molar-refractivity contribution is 5.59. The Morgan fingerprint density at radius 2 is 1.79 bits per heavy atom. The van der Waals surface area contributed by atoms with Gasteiger partial charge in [-0.3, -0.25) is 4.90 Å². The third-order valence-corrected chi connectivity index (χ3v) is 3.65. The molecule has 4 heteroatoms. The Morgan fingerprint density at radius 1 is 1.16 bits per heavy atom. The van der Waals surface area contributed by atoms with Gasteiger partial charge in [0.2, 0.25) is 0 Å². The molecular formula is C15H20FN3. The Morgan fingerprint density at radius 3 is 2.32 bits per heavy atom. The molecule has 1 aromatic carbocycles. The number of nitriles is 1. The van der Waals surface area contributed by atoms with Crippen LogP contribution in [0.1, 0.15) is 26.3 Å². The predicted octanol–water partition coefficient (Wildman–Crippen LogP) is 2.62. The first-order chi connectivity index (χ1) is 8.91. The van der Waals surface area contributed by atoms with Gasteiger partial charge in [-0.1, -0.05) is 0 Å². The third kappa shape index (κ3) is 3.05. The highest BCUT2D eigenvalue weighted by atomic mass is 19.1. The fourth-order valence-corrected chi connectivity index (χ4v) is 2.49. The van der Waals surface area contributed by atoms with E-state index in [-0.39, 0.29) is 11.4 Å². The molecule has 0 radical (unpaired) electrons. The highest BCUT2D eigenvalue weighted by Gasteiger charge is 2.26. The minimum Gasteiger partial charge on any atom is -0.368 e. The molecule has 0 bridgehead atoms. The molecule has 0 N–H and O–H groups in total. The number of anilines is 1. The minimum atomic E-state index is -0.353. The smallest absolute Gasteiger partial charge is 0.124 e. The van der Waals surface area contributed by atoms with Crippen LogP contribution < -0.4 is 4.90 Å². The average Bonchev–Trinajstić information content (AvgIpc) is 2.37. The second-order valence-electron chi connectivity index (χ2n) is 5.92. The van der Waals surface area contributed by atoms with Crippen LogP contribution >= 0.6 is 0 Å². The number of rotatable bonds is 1. The van der Waals surface area contributed by atoms with E-state index in [0.29, 0.717) is 5.56 Å². The first-order valence-corrected chi connectivity index (χ1v) is 6.61. The van der Waals surface area contributed by atoms with Gasteiger partial charge in [0.1, 0.15) is 11.9 Å². The molecule has 1 saturated heterocycles. The van der Waals surface area contributed by atoms with E-state index in [4.69, 9.17) is 5.26 Å². The van der Waals surface area contributed by atoms with E-state index in [1.165, 1.54) is 12.1 Å². The lowest BCUT2D eigenvalue weighted by Gasteiger charge is -2.43. The Bertz CT molecular complexity index is 491. The lowest BCUT2D eigenvalue weighted by molar-refractivity contribution is 0.128. The first kappa shape index (κ1) is 13.8. The van der Waals surface area contributed by atoms with Gasteiger partial charge in [-0.05, 0) is 39.0 Å². The zero-order valence-corrected chi connectivity index (χ0v) is 11.8. The molecule has 1 aliphatic rings. The number of halogens is 1. The molecule has 2 rings (SSSR count). The predicted molar refractivity (Wildman–Crippen MR) is 74.7 cm³/mol. The molecule has 1 aromatic rings. The number of hydrogen-bond donors (Lipinski definition) is 0. The minimum absolute atomic E-state index is 0.174. The van der Waals surface area contributed by atoms with Gasteiger partial charge in [0.15, 0.2) is 0 Å². The van der Waals surface area contributed by atoms with Crippen molar-refractivity contribution < 1.29 is 4.39 Å². The maximum absolute atomic E-state index is 13.1. The SMILES string of the molecule is CC(C)(C)N1CCN(c2ccc(F)cc2C#N)CC1. The molecule has 1 heterocycles. The van der Waals surface area contributed by atoms with E-state index in [1.54, 1.807) is 6.07 Å². The van der Waals surface area contributed by atoms with Crippen molar-refractivity contribution in [2.75, 3.05) is 31.1 Å². The van der Waals surface area contributed by atoms with E-state index >= 15 is 0 Å².